The molecule has 1 rings (SSSR count). The third kappa shape index (κ3) is 3.58. The van der Waals surface area contributed by atoms with Crippen molar-refractivity contribution in [2.24, 2.45) is 5.92 Å². The molecule has 0 aromatic carbocycles. The first-order valence-corrected chi connectivity index (χ1v) is 6.17. The maximum Gasteiger partial charge on any atom is 0.0584 e. The van der Waals surface area contributed by atoms with E-state index in [9.17, 15) is 0 Å². The summed E-state index contributed by atoms with van der Waals surface area (Å²) < 4.78 is 0. The molecule has 3 atom stereocenters. The molecule has 14 heavy (non-hydrogen) atoms. The summed E-state index contributed by atoms with van der Waals surface area (Å²) in [5.74, 6) is 0.914. The molecule has 1 aliphatic rings. The monoisotopic (exact) mass is 199 g/mol. The van der Waals surface area contributed by atoms with E-state index >= 15 is 0 Å². The van der Waals surface area contributed by atoms with Gasteiger partial charge in [-0.2, -0.15) is 0 Å². The Morgan fingerprint density at radius 3 is 2.71 bits per heavy atom. The van der Waals surface area contributed by atoms with Crippen LogP contribution in [0.5, 0.6) is 0 Å². The Kier molecular flexibility index (Phi) is 5.49. The molecule has 2 nitrogen and oxygen atoms in total. The summed E-state index contributed by atoms with van der Waals surface area (Å²) in [6.07, 6.45) is 7.72. The zero-order valence-electron chi connectivity index (χ0n) is 9.63. The molecule has 0 spiro atoms. The maximum atomic E-state index is 9.12. The molecule has 1 saturated carbocycles. The first-order valence-electron chi connectivity index (χ1n) is 6.17. The quantitative estimate of drug-likeness (QED) is 0.712. The van der Waals surface area contributed by atoms with Gasteiger partial charge in [-0.05, 0) is 25.2 Å². The van der Waals surface area contributed by atoms with Crippen LogP contribution in [0.2, 0.25) is 0 Å². The summed E-state index contributed by atoms with van der Waals surface area (Å²) in [4.78, 5) is 0. The minimum Gasteiger partial charge on any atom is -0.395 e. The summed E-state index contributed by atoms with van der Waals surface area (Å²) in [5.41, 5.74) is 0. The third-order valence-electron chi connectivity index (χ3n) is 3.54. The highest BCUT2D eigenvalue weighted by molar-refractivity contribution is 4.80. The van der Waals surface area contributed by atoms with Crippen molar-refractivity contribution < 1.29 is 5.11 Å². The van der Waals surface area contributed by atoms with E-state index in [2.05, 4.69) is 19.2 Å². The molecule has 0 heterocycles. The van der Waals surface area contributed by atoms with Crippen LogP contribution in [0.15, 0.2) is 0 Å². The molecule has 0 radical (unpaired) electrons. The third-order valence-corrected chi connectivity index (χ3v) is 3.54. The Morgan fingerprint density at radius 2 is 2.14 bits per heavy atom. The second-order valence-electron chi connectivity index (χ2n) is 4.59. The van der Waals surface area contributed by atoms with E-state index in [-0.39, 0.29) is 6.61 Å². The van der Waals surface area contributed by atoms with Crippen LogP contribution in [0, 0.1) is 5.92 Å². The minimum atomic E-state index is 0.282. The molecule has 0 bridgehead atoms. The minimum absolute atomic E-state index is 0.282. The van der Waals surface area contributed by atoms with Crippen molar-refractivity contribution in [2.45, 2.75) is 64.5 Å². The lowest BCUT2D eigenvalue weighted by Crippen LogP contribution is -2.42. The second kappa shape index (κ2) is 6.41. The van der Waals surface area contributed by atoms with Crippen LogP contribution in [0.25, 0.3) is 0 Å². The highest BCUT2D eigenvalue weighted by atomic mass is 16.3. The Morgan fingerprint density at radius 1 is 1.36 bits per heavy atom. The number of nitrogens with one attached hydrogen (secondary N) is 1. The smallest absolute Gasteiger partial charge is 0.0584 e. The van der Waals surface area contributed by atoms with Crippen LogP contribution >= 0.6 is 0 Å². The predicted molar refractivity (Wildman–Crippen MR) is 60.3 cm³/mol. The lowest BCUT2D eigenvalue weighted by Gasteiger charge is -2.31. The van der Waals surface area contributed by atoms with Crippen LogP contribution < -0.4 is 5.32 Å². The number of aliphatic hydroxyl groups is 1. The zero-order chi connectivity index (χ0) is 10.4. The lowest BCUT2D eigenvalue weighted by molar-refractivity contribution is 0.199. The summed E-state index contributed by atoms with van der Waals surface area (Å²) in [7, 11) is 0. The molecule has 2 unspecified atom stereocenters. The number of aliphatic hydroxyl groups excluding tert-OH is 1. The average molecular weight is 199 g/mol. The van der Waals surface area contributed by atoms with Gasteiger partial charge in [-0.15, -0.1) is 0 Å². The van der Waals surface area contributed by atoms with E-state index in [1.54, 1.807) is 0 Å². The van der Waals surface area contributed by atoms with E-state index in [0.717, 1.165) is 12.3 Å². The average Bonchev–Trinajstić information content (AvgIpc) is 2.26. The van der Waals surface area contributed by atoms with E-state index in [0.29, 0.717) is 12.1 Å². The summed E-state index contributed by atoms with van der Waals surface area (Å²) in [6.45, 7) is 4.70. The fourth-order valence-corrected chi connectivity index (χ4v) is 2.45. The molecule has 2 N–H and O–H groups in total. The standard InChI is InChI=1S/C12H25NO/c1-3-10-6-5-7-12(8-10)13-11(4-2)9-14/h10-14H,3-9H2,1-2H3/t10?,11-,12?/m0/s1. The van der Waals surface area contributed by atoms with Crippen molar-refractivity contribution in [3.8, 4) is 0 Å². The first kappa shape index (κ1) is 12.0. The van der Waals surface area contributed by atoms with Crippen molar-refractivity contribution >= 4 is 0 Å². The number of rotatable bonds is 5. The Hall–Kier alpha value is -0.0800. The topological polar surface area (TPSA) is 32.3 Å². The van der Waals surface area contributed by atoms with E-state index in [1.165, 1.54) is 32.1 Å². The highest BCUT2D eigenvalue weighted by Crippen LogP contribution is 2.26. The highest BCUT2D eigenvalue weighted by Gasteiger charge is 2.21. The zero-order valence-corrected chi connectivity index (χ0v) is 9.63. The van der Waals surface area contributed by atoms with Crippen LogP contribution in [0.1, 0.15) is 52.4 Å². The molecule has 1 fully saturated rings. The van der Waals surface area contributed by atoms with Gasteiger partial charge in [0.05, 0.1) is 6.61 Å². The van der Waals surface area contributed by atoms with Crippen LogP contribution in [0.4, 0.5) is 0 Å². The van der Waals surface area contributed by atoms with Crippen molar-refractivity contribution in [2.75, 3.05) is 6.61 Å². The molecule has 84 valence electrons. The molecule has 0 amide bonds. The van der Waals surface area contributed by atoms with Crippen molar-refractivity contribution in [3.05, 3.63) is 0 Å². The SMILES string of the molecule is CCC1CCCC(N[C@@H](CC)CO)C1. The normalized spacial score (nSPS) is 30.2. The Balaban J connectivity index is 2.29. The van der Waals surface area contributed by atoms with Crippen LogP contribution in [0.3, 0.4) is 0 Å². The van der Waals surface area contributed by atoms with Gasteiger partial charge < -0.3 is 10.4 Å². The molecule has 0 saturated heterocycles. The van der Waals surface area contributed by atoms with Gasteiger partial charge in [0.2, 0.25) is 0 Å². The van der Waals surface area contributed by atoms with E-state index < -0.39 is 0 Å². The largest absolute Gasteiger partial charge is 0.395 e. The van der Waals surface area contributed by atoms with E-state index in [1.807, 2.05) is 0 Å². The van der Waals surface area contributed by atoms with Crippen LogP contribution in [-0.4, -0.2) is 23.8 Å². The maximum absolute atomic E-state index is 9.12. The van der Waals surface area contributed by atoms with Gasteiger partial charge in [0.1, 0.15) is 0 Å². The fraction of sp³-hybridized carbons (Fsp3) is 1.00. The summed E-state index contributed by atoms with van der Waals surface area (Å²) >= 11 is 0. The number of hydrogen-bond donors (Lipinski definition) is 2. The molecule has 0 aliphatic heterocycles. The molecule has 0 aromatic rings. The molecular weight excluding hydrogens is 174 g/mol. The predicted octanol–water partition coefficient (Wildman–Crippen LogP) is 2.32. The van der Waals surface area contributed by atoms with Gasteiger partial charge in [-0.1, -0.05) is 33.1 Å². The van der Waals surface area contributed by atoms with Gasteiger partial charge >= 0.3 is 0 Å². The second-order valence-corrected chi connectivity index (χ2v) is 4.59. The Labute approximate surface area is 88.1 Å². The molecule has 2 heteroatoms. The van der Waals surface area contributed by atoms with Gasteiger partial charge in [0.25, 0.3) is 0 Å². The van der Waals surface area contributed by atoms with Crippen molar-refractivity contribution in [3.63, 3.8) is 0 Å². The molecule has 1 aliphatic carbocycles. The van der Waals surface area contributed by atoms with Gasteiger partial charge in [0, 0.05) is 12.1 Å². The fourth-order valence-electron chi connectivity index (χ4n) is 2.45. The van der Waals surface area contributed by atoms with Crippen LogP contribution in [-0.2, 0) is 0 Å². The molecule has 0 aromatic heterocycles. The van der Waals surface area contributed by atoms with Gasteiger partial charge in [-0.3, -0.25) is 0 Å². The summed E-state index contributed by atoms with van der Waals surface area (Å²) in [5, 5.41) is 12.7. The lowest BCUT2D eigenvalue weighted by atomic mass is 9.84. The summed E-state index contributed by atoms with van der Waals surface area (Å²) in [6, 6.07) is 0.974. The Bertz CT molecular complexity index is 145. The van der Waals surface area contributed by atoms with Crippen molar-refractivity contribution in [1.29, 1.82) is 0 Å². The number of hydrogen-bond acceptors (Lipinski definition) is 2. The van der Waals surface area contributed by atoms with Crippen molar-refractivity contribution in [1.82, 2.24) is 5.32 Å². The van der Waals surface area contributed by atoms with E-state index in [4.69, 9.17) is 5.11 Å². The van der Waals surface area contributed by atoms with Gasteiger partial charge in [-0.25, -0.2) is 0 Å². The van der Waals surface area contributed by atoms with Gasteiger partial charge in [0.15, 0.2) is 0 Å². The first-order chi connectivity index (χ1) is 6.80. The molecular formula is C12H25NO.